The zero-order valence-corrected chi connectivity index (χ0v) is 17.2. The number of rotatable bonds is 6. The highest BCUT2D eigenvalue weighted by molar-refractivity contribution is 5.95. The van der Waals surface area contributed by atoms with Crippen molar-refractivity contribution in [3.05, 3.63) is 77.1 Å². The highest BCUT2D eigenvalue weighted by atomic mass is 19.4. The van der Waals surface area contributed by atoms with E-state index in [1.807, 2.05) is 6.07 Å². The van der Waals surface area contributed by atoms with Crippen molar-refractivity contribution in [1.82, 2.24) is 15.1 Å². The van der Waals surface area contributed by atoms with Crippen molar-refractivity contribution in [2.75, 3.05) is 5.32 Å². The van der Waals surface area contributed by atoms with E-state index >= 15 is 0 Å². The van der Waals surface area contributed by atoms with Gasteiger partial charge in [0, 0.05) is 25.1 Å². The van der Waals surface area contributed by atoms with Gasteiger partial charge in [0.25, 0.3) is 5.91 Å². The van der Waals surface area contributed by atoms with E-state index in [0.717, 1.165) is 30.5 Å². The summed E-state index contributed by atoms with van der Waals surface area (Å²) in [4.78, 5) is 24.1. The Labute approximate surface area is 182 Å². The van der Waals surface area contributed by atoms with Crippen molar-refractivity contribution >= 4 is 17.5 Å². The zero-order chi connectivity index (χ0) is 22.9. The summed E-state index contributed by atoms with van der Waals surface area (Å²) < 4.78 is 40.8. The summed E-state index contributed by atoms with van der Waals surface area (Å²) in [6, 6.07) is 12.0. The number of benzene rings is 2. The lowest BCUT2D eigenvalue weighted by Gasteiger charge is -2.12. The molecule has 9 heteroatoms. The molecule has 0 aliphatic heterocycles. The largest absolute Gasteiger partial charge is 0.416 e. The Bertz CT molecular complexity index is 1170. The first-order valence-electron chi connectivity index (χ1n) is 10.1. The lowest BCUT2D eigenvalue weighted by atomic mass is 10.1. The molecule has 4 rings (SSSR count). The van der Waals surface area contributed by atoms with Crippen LogP contribution in [0.1, 0.15) is 52.9 Å². The summed E-state index contributed by atoms with van der Waals surface area (Å²) in [5, 5.41) is 9.76. The topological polar surface area (TPSA) is 76.0 Å². The summed E-state index contributed by atoms with van der Waals surface area (Å²) >= 11 is 0. The molecular weight excluding hydrogens is 421 g/mol. The molecule has 1 aliphatic rings. The van der Waals surface area contributed by atoms with Crippen LogP contribution >= 0.6 is 0 Å². The molecule has 0 radical (unpaired) electrons. The Kier molecular flexibility index (Phi) is 5.73. The van der Waals surface area contributed by atoms with Gasteiger partial charge < -0.3 is 10.6 Å². The monoisotopic (exact) mass is 442 g/mol. The molecule has 166 valence electrons. The fourth-order valence-corrected chi connectivity index (χ4v) is 3.54. The molecule has 2 amide bonds. The average molecular weight is 442 g/mol. The number of hydrogen-bond acceptors (Lipinski definition) is 3. The third-order valence-corrected chi connectivity index (χ3v) is 5.13. The molecule has 1 aromatic heterocycles. The molecule has 1 fully saturated rings. The minimum atomic E-state index is -4.46. The highest BCUT2D eigenvalue weighted by Crippen LogP contribution is 2.42. The van der Waals surface area contributed by atoms with Crippen LogP contribution in [0.2, 0.25) is 0 Å². The number of carbonyl (C=O) groups is 2. The SMILES string of the molecule is CC(=O)Nc1cccc(CNC(=O)c2cnn(-c3cccc(C(F)(F)F)c3)c2C2CC2)c1. The summed E-state index contributed by atoms with van der Waals surface area (Å²) in [5.74, 6) is -0.465. The first kappa shape index (κ1) is 21.6. The molecule has 1 saturated carbocycles. The van der Waals surface area contributed by atoms with Gasteiger partial charge in [0.1, 0.15) is 0 Å². The van der Waals surface area contributed by atoms with Crippen LogP contribution < -0.4 is 10.6 Å². The van der Waals surface area contributed by atoms with Gasteiger partial charge in [0.2, 0.25) is 5.91 Å². The van der Waals surface area contributed by atoms with Crippen LogP contribution in [0.4, 0.5) is 18.9 Å². The van der Waals surface area contributed by atoms with Gasteiger partial charge in [0.15, 0.2) is 0 Å². The van der Waals surface area contributed by atoms with E-state index in [1.165, 1.54) is 23.9 Å². The molecule has 0 atom stereocenters. The molecule has 2 aromatic carbocycles. The Hall–Kier alpha value is -3.62. The van der Waals surface area contributed by atoms with Gasteiger partial charge in [-0.3, -0.25) is 9.59 Å². The van der Waals surface area contributed by atoms with Gasteiger partial charge in [-0.25, -0.2) is 4.68 Å². The number of carbonyl (C=O) groups excluding carboxylic acids is 2. The van der Waals surface area contributed by atoms with Crippen LogP contribution in [0, 0.1) is 0 Å². The normalized spacial score (nSPS) is 13.6. The standard InChI is InChI=1S/C23H21F3N4O2/c1-14(31)29-18-6-2-4-15(10-18)12-27-22(32)20-13-28-30(21(20)16-8-9-16)19-7-3-5-17(11-19)23(24,25)26/h2-7,10-11,13,16H,8-9,12H2,1H3,(H,27,32)(H,29,31). The third-order valence-electron chi connectivity index (χ3n) is 5.13. The van der Waals surface area contributed by atoms with Gasteiger partial charge in [-0.05, 0) is 48.7 Å². The van der Waals surface area contributed by atoms with E-state index < -0.39 is 11.7 Å². The maximum atomic E-state index is 13.1. The van der Waals surface area contributed by atoms with Crippen molar-refractivity contribution in [1.29, 1.82) is 0 Å². The first-order valence-corrected chi connectivity index (χ1v) is 10.1. The van der Waals surface area contributed by atoms with Crippen molar-refractivity contribution < 1.29 is 22.8 Å². The number of nitrogens with zero attached hydrogens (tertiary/aromatic N) is 2. The fourth-order valence-electron chi connectivity index (χ4n) is 3.54. The quantitative estimate of drug-likeness (QED) is 0.583. The van der Waals surface area contributed by atoms with E-state index in [2.05, 4.69) is 15.7 Å². The van der Waals surface area contributed by atoms with Crippen LogP contribution in [-0.4, -0.2) is 21.6 Å². The molecule has 0 spiro atoms. The van der Waals surface area contributed by atoms with E-state index in [1.54, 1.807) is 24.3 Å². The molecule has 1 aliphatic carbocycles. The number of amides is 2. The lowest BCUT2D eigenvalue weighted by Crippen LogP contribution is -2.24. The minimum Gasteiger partial charge on any atom is -0.348 e. The van der Waals surface area contributed by atoms with Crippen LogP contribution in [-0.2, 0) is 17.5 Å². The van der Waals surface area contributed by atoms with Crippen molar-refractivity contribution in [3.8, 4) is 5.69 Å². The number of halogens is 3. The van der Waals surface area contributed by atoms with Crippen LogP contribution in [0.5, 0.6) is 0 Å². The zero-order valence-electron chi connectivity index (χ0n) is 17.2. The van der Waals surface area contributed by atoms with Crippen LogP contribution in [0.3, 0.4) is 0 Å². The summed E-state index contributed by atoms with van der Waals surface area (Å²) in [7, 11) is 0. The Balaban J connectivity index is 1.56. The number of aromatic nitrogens is 2. The lowest BCUT2D eigenvalue weighted by molar-refractivity contribution is -0.137. The van der Waals surface area contributed by atoms with Gasteiger partial charge in [-0.15, -0.1) is 0 Å². The molecule has 1 heterocycles. The van der Waals surface area contributed by atoms with Gasteiger partial charge in [-0.1, -0.05) is 18.2 Å². The van der Waals surface area contributed by atoms with Crippen molar-refractivity contribution in [3.63, 3.8) is 0 Å². The van der Waals surface area contributed by atoms with Crippen molar-refractivity contribution in [2.24, 2.45) is 0 Å². The molecule has 6 nitrogen and oxygen atoms in total. The summed E-state index contributed by atoms with van der Waals surface area (Å²) in [5.41, 5.74) is 1.89. The van der Waals surface area contributed by atoms with Gasteiger partial charge in [-0.2, -0.15) is 18.3 Å². The Morgan fingerprint density at radius 2 is 1.88 bits per heavy atom. The average Bonchev–Trinajstić information content (AvgIpc) is 3.49. The maximum absolute atomic E-state index is 13.1. The molecule has 2 N–H and O–H groups in total. The second-order valence-electron chi connectivity index (χ2n) is 7.74. The Morgan fingerprint density at radius 3 is 2.56 bits per heavy atom. The predicted molar refractivity (Wildman–Crippen MR) is 112 cm³/mol. The predicted octanol–water partition coefficient (Wildman–Crippen LogP) is 4.66. The fraction of sp³-hybridized carbons (Fsp3) is 0.261. The number of alkyl halides is 3. The number of nitrogens with one attached hydrogen (secondary N) is 2. The van der Waals surface area contributed by atoms with E-state index in [9.17, 15) is 22.8 Å². The molecular formula is C23H21F3N4O2. The third kappa shape index (κ3) is 4.82. The maximum Gasteiger partial charge on any atom is 0.416 e. The van der Waals surface area contributed by atoms with E-state index in [0.29, 0.717) is 16.9 Å². The smallest absolute Gasteiger partial charge is 0.348 e. The summed E-state index contributed by atoms with van der Waals surface area (Å²) in [6.07, 6.45) is -1.36. The van der Waals surface area contributed by atoms with Crippen molar-refractivity contribution in [2.45, 2.75) is 38.4 Å². The molecule has 3 aromatic rings. The molecule has 32 heavy (non-hydrogen) atoms. The summed E-state index contributed by atoms with van der Waals surface area (Å²) in [6.45, 7) is 1.64. The second-order valence-corrected chi connectivity index (χ2v) is 7.74. The molecule has 0 bridgehead atoms. The van der Waals surface area contributed by atoms with Crippen LogP contribution in [0.15, 0.2) is 54.7 Å². The Morgan fingerprint density at radius 1 is 1.12 bits per heavy atom. The molecule has 0 saturated heterocycles. The molecule has 0 unspecified atom stereocenters. The van der Waals surface area contributed by atoms with Gasteiger partial charge >= 0.3 is 6.18 Å². The first-order chi connectivity index (χ1) is 15.2. The number of anilines is 1. The van der Waals surface area contributed by atoms with Crippen LogP contribution in [0.25, 0.3) is 5.69 Å². The minimum absolute atomic E-state index is 0.0795. The van der Waals surface area contributed by atoms with E-state index in [4.69, 9.17) is 0 Å². The van der Waals surface area contributed by atoms with Gasteiger partial charge in [0.05, 0.1) is 28.7 Å². The van der Waals surface area contributed by atoms with E-state index in [-0.39, 0.29) is 30.0 Å². The highest BCUT2D eigenvalue weighted by Gasteiger charge is 2.34. The number of hydrogen-bond donors (Lipinski definition) is 2. The second kappa shape index (κ2) is 8.49.